The molecular formula is C14H19N3O2S. The molecule has 108 valence electrons. The van der Waals surface area contributed by atoms with Crippen LogP contribution in [0.4, 0.5) is 4.79 Å². The molecule has 1 aromatic rings. The molecule has 5 nitrogen and oxygen atoms in total. The maximum atomic E-state index is 12.5. The number of hydrogen-bond donors (Lipinski definition) is 1. The van der Waals surface area contributed by atoms with Crippen molar-refractivity contribution in [1.29, 1.82) is 0 Å². The third-order valence-electron chi connectivity index (χ3n) is 3.74. The van der Waals surface area contributed by atoms with Gasteiger partial charge in [0.2, 0.25) is 5.91 Å². The molecule has 2 fully saturated rings. The quantitative estimate of drug-likeness (QED) is 0.897. The number of nitrogens with zero attached hydrogens (tertiary/aromatic N) is 2. The van der Waals surface area contributed by atoms with Crippen molar-refractivity contribution in [3.05, 3.63) is 22.4 Å². The van der Waals surface area contributed by atoms with Crippen molar-refractivity contribution in [1.82, 2.24) is 15.1 Å². The van der Waals surface area contributed by atoms with Gasteiger partial charge in [-0.3, -0.25) is 4.79 Å². The highest BCUT2D eigenvalue weighted by atomic mass is 32.1. The van der Waals surface area contributed by atoms with Crippen LogP contribution >= 0.6 is 11.3 Å². The Kier molecular flexibility index (Phi) is 3.91. The van der Waals surface area contributed by atoms with Crippen molar-refractivity contribution in [2.24, 2.45) is 0 Å². The summed E-state index contributed by atoms with van der Waals surface area (Å²) in [6.07, 6.45) is 3.08. The highest BCUT2D eigenvalue weighted by molar-refractivity contribution is 7.07. The standard InChI is InChI=1S/C14H19N3O2S/c18-13(9-16-6-1-5-15-14(16)19)17(12-2-3-12)8-11-4-7-20-10-11/h4,7,10,12H,1-3,5-6,8-9H2,(H,15,19). The van der Waals surface area contributed by atoms with E-state index in [-0.39, 0.29) is 18.5 Å². The molecule has 20 heavy (non-hydrogen) atoms. The molecular weight excluding hydrogens is 274 g/mol. The lowest BCUT2D eigenvalue weighted by Gasteiger charge is -2.30. The number of amides is 3. The van der Waals surface area contributed by atoms with E-state index in [4.69, 9.17) is 0 Å². The molecule has 0 atom stereocenters. The number of urea groups is 1. The molecule has 1 aliphatic heterocycles. The SMILES string of the molecule is O=C1NCCCN1CC(=O)N(Cc1ccsc1)C1CC1. The van der Waals surface area contributed by atoms with Crippen LogP contribution in [-0.2, 0) is 11.3 Å². The fraction of sp³-hybridized carbons (Fsp3) is 0.571. The van der Waals surface area contributed by atoms with Gasteiger partial charge in [-0.05, 0) is 41.7 Å². The van der Waals surface area contributed by atoms with Crippen LogP contribution in [0.25, 0.3) is 0 Å². The lowest BCUT2D eigenvalue weighted by Crippen LogP contribution is -2.51. The summed E-state index contributed by atoms with van der Waals surface area (Å²) in [5.74, 6) is 0.0655. The van der Waals surface area contributed by atoms with Gasteiger partial charge in [-0.2, -0.15) is 11.3 Å². The molecule has 3 amide bonds. The average Bonchev–Trinajstić information content (AvgIpc) is 3.15. The van der Waals surface area contributed by atoms with Crippen LogP contribution in [0.1, 0.15) is 24.8 Å². The average molecular weight is 293 g/mol. The minimum atomic E-state index is -0.115. The fourth-order valence-corrected chi connectivity index (χ4v) is 3.13. The van der Waals surface area contributed by atoms with Crippen molar-refractivity contribution in [3.63, 3.8) is 0 Å². The highest BCUT2D eigenvalue weighted by Crippen LogP contribution is 2.29. The van der Waals surface area contributed by atoms with E-state index in [1.54, 1.807) is 16.2 Å². The zero-order valence-electron chi connectivity index (χ0n) is 11.4. The molecule has 0 bridgehead atoms. The van der Waals surface area contributed by atoms with Crippen LogP contribution in [0.2, 0.25) is 0 Å². The zero-order valence-corrected chi connectivity index (χ0v) is 12.2. The monoisotopic (exact) mass is 293 g/mol. The molecule has 1 saturated heterocycles. The predicted octanol–water partition coefficient (Wildman–Crippen LogP) is 1.65. The summed E-state index contributed by atoms with van der Waals surface area (Å²) >= 11 is 1.65. The number of rotatable bonds is 5. The van der Waals surface area contributed by atoms with Gasteiger partial charge in [-0.25, -0.2) is 4.79 Å². The summed E-state index contributed by atoms with van der Waals surface area (Å²) in [6.45, 7) is 2.26. The van der Waals surface area contributed by atoms with Crippen molar-refractivity contribution >= 4 is 23.3 Å². The van der Waals surface area contributed by atoms with E-state index in [9.17, 15) is 9.59 Å². The molecule has 1 aliphatic carbocycles. The Labute approximate surface area is 122 Å². The van der Waals surface area contributed by atoms with Crippen LogP contribution in [0.15, 0.2) is 16.8 Å². The second-order valence-electron chi connectivity index (χ2n) is 5.39. The van der Waals surface area contributed by atoms with Crippen LogP contribution in [0.3, 0.4) is 0 Å². The third-order valence-corrected chi connectivity index (χ3v) is 4.47. The summed E-state index contributed by atoms with van der Waals surface area (Å²) < 4.78 is 0. The fourth-order valence-electron chi connectivity index (χ4n) is 2.47. The molecule has 0 radical (unpaired) electrons. The summed E-state index contributed by atoms with van der Waals surface area (Å²) in [5.41, 5.74) is 1.18. The van der Waals surface area contributed by atoms with E-state index in [1.165, 1.54) is 5.56 Å². The van der Waals surface area contributed by atoms with Crippen molar-refractivity contribution in [3.8, 4) is 0 Å². The zero-order chi connectivity index (χ0) is 13.9. The Bertz CT molecular complexity index is 485. The number of carbonyl (C=O) groups excluding carboxylic acids is 2. The van der Waals surface area contributed by atoms with Gasteiger partial charge in [-0.15, -0.1) is 0 Å². The van der Waals surface area contributed by atoms with E-state index in [1.807, 2.05) is 10.3 Å². The van der Waals surface area contributed by atoms with Crippen LogP contribution < -0.4 is 5.32 Å². The normalized spacial score (nSPS) is 18.8. The summed E-state index contributed by atoms with van der Waals surface area (Å²) in [5, 5.41) is 6.90. The van der Waals surface area contributed by atoms with Gasteiger partial charge in [0.15, 0.2) is 0 Å². The summed E-state index contributed by atoms with van der Waals surface area (Å²) in [6, 6.07) is 2.31. The Balaban J connectivity index is 1.62. The largest absolute Gasteiger partial charge is 0.338 e. The van der Waals surface area contributed by atoms with Gasteiger partial charge in [0.25, 0.3) is 0 Å². The Morgan fingerprint density at radius 2 is 2.35 bits per heavy atom. The van der Waals surface area contributed by atoms with E-state index < -0.39 is 0 Å². The van der Waals surface area contributed by atoms with Crippen molar-refractivity contribution < 1.29 is 9.59 Å². The molecule has 3 rings (SSSR count). The molecule has 0 aromatic carbocycles. The summed E-state index contributed by atoms with van der Waals surface area (Å²) in [4.78, 5) is 27.7. The topological polar surface area (TPSA) is 52.7 Å². The van der Waals surface area contributed by atoms with Gasteiger partial charge < -0.3 is 15.1 Å². The van der Waals surface area contributed by atoms with Gasteiger partial charge >= 0.3 is 6.03 Å². The van der Waals surface area contributed by atoms with E-state index in [0.29, 0.717) is 25.7 Å². The van der Waals surface area contributed by atoms with E-state index in [0.717, 1.165) is 19.3 Å². The molecule has 2 heterocycles. The Hall–Kier alpha value is -1.56. The maximum absolute atomic E-state index is 12.5. The first kappa shape index (κ1) is 13.4. The molecule has 1 saturated carbocycles. The predicted molar refractivity (Wildman–Crippen MR) is 77.5 cm³/mol. The van der Waals surface area contributed by atoms with Gasteiger partial charge in [0, 0.05) is 25.7 Å². The molecule has 1 N–H and O–H groups in total. The minimum Gasteiger partial charge on any atom is -0.338 e. The molecule has 0 spiro atoms. The molecule has 1 aromatic heterocycles. The Morgan fingerprint density at radius 3 is 3.00 bits per heavy atom. The number of thiophene rings is 1. The van der Waals surface area contributed by atoms with E-state index >= 15 is 0 Å². The van der Waals surface area contributed by atoms with E-state index in [2.05, 4.69) is 16.8 Å². The minimum absolute atomic E-state index is 0.0655. The summed E-state index contributed by atoms with van der Waals surface area (Å²) in [7, 11) is 0. The first-order valence-corrected chi connectivity index (χ1v) is 8.01. The molecule has 0 unspecified atom stereocenters. The second-order valence-corrected chi connectivity index (χ2v) is 6.17. The van der Waals surface area contributed by atoms with Crippen LogP contribution in [0, 0.1) is 0 Å². The van der Waals surface area contributed by atoms with Gasteiger partial charge in [0.05, 0.1) is 0 Å². The van der Waals surface area contributed by atoms with Crippen LogP contribution in [-0.4, -0.2) is 47.4 Å². The highest BCUT2D eigenvalue weighted by Gasteiger charge is 2.34. The van der Waals surface area contributed by atoms with Crippen LogP contribution in [0.5, 0.6) is 0 Å². The number of hydrogen-bond acceptors (Lipinski definition) is 3. The smallest absolute Gasteiger partial charge is 0.317 e. The third kappa shape index (κ3) is 3.12. The maximum Gasteiger partial charge on any atom is 0.317 e. The lowest BCUT2D eigenvalue weighted by molar-refractivity contribution is -0.133. The van der Waals surface area contributed by atoms with Crippen molar-refractivity contribution in [2.45, 2.75) is 31.8 Å². The van der Waals surface area contributed by atoms with Gasteiger partial charge in [0.1, 0.15) is 6.54 Å². The van der Waals surface area contributed by atoms with Gasteiger partial charge in [-0.1, -0.05) is 0 Å². The molecule has 2 aliphatic rings. The lowest BCUT2D eigenvalue weighted by atomic mass is 10.2. The number of nitrogens with one attached hydrogen (secondary N) is 1. The number of carbonyl (C=O) groups is 2. The first-order chi connectivity index (χ1) is 9.74. The first-order valence-electron chi connectivity index (χ1n) is 7.07. The Morgan fingerprint density at radius 1 is 1.50 bits per heavy atom. The van der Waals surface area contributed by atoms with Crippen molar-refractivity contribution in [2.75, 3.05) is 19.6 Å². The second kappa shape index (κ2) is 5.83. The molecule has 6 heteroatoms.